The highest BCUT2D eigenvalue weighted by atomic mass is 32.1. The van der Waals surface area contributed by atoms with E-state index in [1.54, 1.807) is 0 Å². The fourth-order valence-corrected chi connectivity index (χ4v) is 5.69. The molecule has 0 unspecified atom stereocenters. The lowest BCUT2D eigenvalue weighted by atomic mass is 9.65. The van der Waals surface area contributed by atoms with Crippen molar-refractivity contribution < 1.29 is 19.5 Å². The molecule has 1 saturated carbocycles. The number of carbonyl (C=O) groups excluding carboxylic acids is 2. The first-order valence-corrected chi connectivity index (χ1v) is 11.2. The number of thiophene rings is 1. The first-order chi connectivity index (χ1) is 15.4. The SMILES string of the molecule is C=CC(=O)N1CC[C@]2(C1)C[C@H](n1c(NC(=O)c3ccc(C(=O)O)s3)nc3ccccc31)C2. The first kappa shape index (κ1) is 20.4. The van der Waals surface area contributed by atoms with Crippen LogP contribution in [0.25, 0.3) is 11.0 Å². The van der Waals surface area contributed by atoms with Crippen LogP contribution >= 0.6 is 11.3 Å². The van der Waals surface area contributed by atoms with Crippen LogP contribution in [0.3, 0.4) is 0 Å². The molecule has 0 bridgehead atoms. The molecule has 0 atom stereocenters. The molecule has 3 heterocycles. The quantitative estimate of drug-likeness (QED) is 0.576. The van der Waals surface area contributed by atoms with Gasteiger partial charge in [-0.15, -0.1) is 11.3 Å². The molecule has 5 rings (SSSR count). The zero-order valence-corrected chi connectivity index (χ0v) is 18.1. The highest BCUT2D eigenvalue weighted by molar-refractivity contribution is 7.15. The van der Waals surface area contributed by atoms with Gasteiger partial charge >= 0.3 is 5.97 Å². The van der Waals surface area contributed by atoms with E-state index < -0.39 is 5.97 Å². The number of nitrogens with zero attached hydrogens (tertiary/aromatic N) is 3. The summed E-state index contributed by atoms with van der Waals surface area (Å²) >= 11 is 0.935. The molecule has 2 fully saturated rings. The number of aromatic nitrogens is 2. The molecule has 2 N–H and O–H groups in total. The summed E-state index contributed by atoms with van der Waals surface area (Å²) in [7, 11) is 0. The van der Waals surface area contributed by atoms with Gasteiger partial charge < -0.3 is 14.6 Å². The van der Waals surface area contributed by atoms with Crippen molar-refractivity contribution in [1.82, 2.24) is 14.5 Å². The van der Waals surface area contributed by atoms with Crippen molar-refractivity contribution in [1.29, 1.82) is 0 Å². The molecule has 2 amide bonds. The number of carboxylic acids is 1. The van der Waals surface area contributed by atoms with Crippen molar-refractivity contribution in [2.75, 3.05) is 18.4 Å². The maximum absolute atomic E-state index is 12.8. The average molecular weight is 451 g/mol. The summed E-state index contributed by atoms with van der Waals surface area (Å²) in [5.41, 5.74) is 1.83. The number of rotatable bonds is 5. The number of anilines is 1. The number of likely N-dealkylation sites (tertiary alicyclic amines) is 1. The molecule has 164 valence electrons. The highest BCUT2D eigenvalue weighted by Gasteiger charge is 2.50. The highest BCUT2D eigenvalue weighted by Crippen LogP contribution is 2.55. The zero-order chi connectivity index (χ0) is 22.5. The number of aromatic carboxylic acids is 1. The maximum atomic E-state index is 12.8. The van der Waals surface area contributed by atoms with Crippen LogP contribution in [0.1, 0.15) is 44.6 Å². The van der Waals surface area contributed by atoms with Gasteiger partial charge in [-0.3, -0.25) is 14.9 Å². The number of amides is 2. The Morgan fingerprint density at radius 2 is 1.94 bits per heavy atom. The van der Waals surface area contributed by atoms with E-state index in [-0.39, 0.29) is 28.1 Å². The van der Waals surface area contributed by atoms with E-state index in [0.29, 0.717) is 10.8 Å². The largest absolute Gasteiger partial charge is 0.477 e. The fraction of sp³-hybridized carbons (Fsp3) is 0.304. The van der Waals surface area contributed by atoms with Crippen molar-refractivity contribution in [3.05, 3.63) is 58.8 Å². The van der Waals surface area contributed by atoms with E-state index in [0.717, 1.165) is 54.7 Å². The molecule has 1 aliphatic heterocycles. The average Bonchev–Trinajstić information content (AvgIpc) is 3.48. The molecule has 1 aromatic carbocycles. The number of imidazole rings is 1. The molecule has 32 heavy (non-hydrogen) atoms. The summed E-state index contributed by atoms with van der Waals surface area (Å²) in [5, 5.41) is 12.0. The van der Waals surface area contributed by atoms with Crippen LogP contribution in [0.5, 0.6) is 0 Å². The lowest BCUT2D eigenvalue weighted by molar-refractivity contribution is -0.125. The van der Waals surface area contributed by atoms with Gasteiger partial charge in [0, 0.05) is 19.1 Å². The normalized spacial score (nSPS) is 22.1. The summed E-state index contributed by atoms with van der Waals surface area (Å²) in [6.07, 6.45) is 4.13. The van der Waals surface area contributed by atoms with Crippen molar-refractivity contribution in [2.24, 2.45) is 5.41 Å². The van der Waals surface area contributed by atoms with Crippen LogP contribution in [0.4, 0.5) is 5.95 Å². The van der Waals surface area contributed by atoms with Crippen LogP contribution in [0.2, 0.25) is 0 Å². The molecule has 1 saturated heterocycles. The third kappa shape index (κ3) is 3.38. The Morgan fingerprint density at radius 3 is 2.66 bits per heavy atom. The molecule has 3 aromatic rings. The summed E-state index contributed by atoms with van der Waals surface area (Å²) < 4.78 is 2.07. The second kappa shape index (κ2) is 7.59. The summed E-state index contributed by atoms with van der Waals surface area (Å²) in [6.45, 7) is 5.06. The molecular weight excluding hydrogens is 428 g/mol. The Morgan fingerprint density at radius 1 is 1.19 bits per heavy atom. The zero-order valence-electron chi connectivity index (χ0n) is 17.3. The second-order valence-corrected chi connectivity index (χ2v) is 9.58. The third-order valence-electron chi connectivity index (χ3n) is 6.49. The van der Waals surface area contributed by atoms with Crippen molar-refractivity contribution in [2.45, 2.75) is 25.3 Å². The predicted octanol–water partition coefficient (Wildman–Crippen LogP) is 3.79. The number of carboxylic acid groups (broad SMARTS) is 1. The van der Waals surface area contributed by atoms with E-state index >= 15 is 0 Å². The summed E-state index contributed by atoms with van der Waals surface area (Å²) in [6, 6.07) is 10.8. The van der Waals surface area contributed by atoms with Gasteiger partial charge in [-0.2, -0.15) is 0 Å². The summed E-state index contributed by atoms with van der Waals surface area (Å²) in [4.78, 5) is 42.9. The smallest absolute Gasteiger partial charge is 0.345 e. The number of nitrogens with one attached hydrogen (secondary N) is 1. The second-order valence-electron chi connectivity index (χ2n) is 8.49. The van der Waals surface area contributed by atoms with E-state index in [2.05, 4.69) is 21.4 Å². The third-order valence-corrected chi connectivity index (χ3v) is 7.56. The van der Waals surface area contributed by atoms with Crippen LogP contribution in [-0.4, -0.2) is 50.4 Å². The van der Waals surface area contributed by atoms with Crippen LogP contribution in [0, 0.1) is 5.41 Å². The molecular formula is C23H22N4O4S. The minimum Gasteiger partial charge on any atom is -0.477 e. The molecule has 1 spiro atoms. The number of carbonyl (C=O) groups is 3. The van der Waals surface area contributed by atoms with Crippen LogP contribution in [0.15, 0.2) is 49.1 Å². The number of fused-ring (bicyclic) bond motifs is 1. The Bertz CT molecular complexity index is 1250. The van der Waals surface area contributed by atoms with Gasteiger partial charge in [0.05, 0.1) is 15.9 Å². The van der Waals surface area contributed by atoms with Gasteiger partial charge in [0.15, 0.2) is 0 Å². The maximum Gasteiger partial charge on any atom is 0.345 e. The fourth-order valence-electron chi connectivity index (χ4n) is 4.95. The van der Waals surface area contributed by atoms with Gasteiger partial charge in [0.1, 0.15) is 4.88 Å². The Hall–Kier alpha value is -3.46. The van der Waals surface area contributed by atoms with Crippen LogP contribution in [-0.2, 0) is 4.79 Å². The van der Waals surface area contributed by atoms with Crippen LogP contribution < -0.4 is 5.32 Å². The minimum absolute atomic E-state index is 0.0250. The van der Waals surface area contributed by atoms with Gasteiger partial charge in [0.25, 0.3) is 5.91 Å². The van der Waals surface area contributed by atoms with E-state index in [1.165, 1.54) is 18.2 Å². The van der Waals surface area contributed by atoms with E-state index in [1.807, 2.05) is 29.2 Å². The number of benzene rings is 1. The van der Waals surface area contributed by atoms with Gasteiger partial charge in [-0.25, -0.2) is 9.78 Å². The van der Waals surface area contributed by atoms with Gasteiger partial charge in [-0.05, 0) is 55.0 Å². The van der Waals surface area contributed by atoms with Gasteiger partial charge in [-0.1, -0.05) is 18.7 Å². The Kier molecular flexibility index (Phi) is 4.85. The Balaban J connectivity index is 1.40. The Labute approximate surface area is 188 Å². The number of hydrogen-bond acceptors (Lipinski definition) is 5. The van der Waals surface area contributed by atoms with Crippen molar-refractivity contribution in [3.8, 4) is 0 Å². The van der Waals surface area contributed by atoms with Gasteiger partial charge in [0.2, 0.25) is 11.9 Å². The van der Waals surface area contributed by atoms with Crippen molar-refractivity contribution in [3.63, 3.8) is 0 Å². The molecule has 2 aromatic heterocycles. The number of para-hydroxylation sites is 2. The lowest BCUT2D eigenvalue weighted by Gasteiger charge is -2.46. The standard InChI is InChI=1S/C23H22N4O4S/c1-2-19(28)26-10-9-23(13-26)11-14(12-23)27-16-6-4-3-5-15(16)24-22(27)25-20(29)17-7-8-18(32-17)21(30)31/h2-8,14H,1,9-13H2,(H,30,31)(H,24,25,29)/t14-,23-. The predicted molar refractivity (Wildman–Crippen MR) is 121 cm³/mol. The molecule has 2 aliphatic rings. The molecule has 0 radical (unpaired) electrons. The van der Waals surface area contributed by atoms with E-state index in [4.69, 9.17) is 5.11 Å². The minimum atomic E-state index is -1.05. The van der Waals surface area contributed by atoms with E-state index in [9.17, 15) is 14.4 Å². The first-order valence-electron chi connectivity index (χ1n) is 10.4. The monoisotopic (exact) mass is 450 g/mol. The molecule has 1 aliphatic carbocycles. The number of hydrogen-bond donors (Lipinski definition) is 2. The van der Waals surface area contributed by atoms with Crippen molar-refractivity contribution >= 4 is 46.1 Å². The molecule has 8 nitrogen and oxygen atoms in total. The summed E-state index contributed by atoms with van der Waals surface area (Å²) in [5.74, 6) is -1.00. The topological polar surface area (TPSA) is 105 Å². The molecule has 9 heteroatoms. The lowest BCUT2D eigenvalue weighted by Crippen LogP contribution is -2.42.